The highest BCUT2D eigenvalue weighted by Crippen LogP contribution is 2.33. The number of thiazole rings is 1. The smallest absolute Gasteiger partial charge is 0.169 e. The van der Waals surface area contributed by atoms with Crippen molar-refractivity contribution in [1.29, 1.82) is 0 Å². The Morgan fingerprint density at radius 1 is 1.45 bits per heavy atom. The molecule has 0 aromatic carbocycles. The van der Waals surface area contributed by atoms with Gasteiger partial charge in [-0.05, 0) is 43.3 Å². The fourth-order valence-corrected chi connectivity index (χ4v) is 4.35. The molecule has 2 aromatic rings. The van der Waals surface area contributed by atoms with Gasteiger partial charge in [0, 0.05) is 18.1 Å². The number of hydrogen-bond donors (Lipinski definition) is 0. The van der Waals surface area contributed by atoms with Crippen LogP contribution in [0.5, 0.6) is 0 Å². The minimum atomic E-state index is 0.163. The van der Waals surface area contributed by atoms with Gasteiger partial charge in [0.1, 0.15) is 5.01 Å². The molecule has 20 heavy (non-hydrogen) atoms. The average Bonchev–Trinajstić information content (AvgIpc) is 3.10. The number of Topliss-reactive ketones (excluding diaryl/α,β-unsaturated/α-hetero) is 1. The maximum absolute atomic E-state index is 11.4. The fraction of sp³-hybridized carbons (Fsp3) is 0.467. The molecule has 1 aliphatic rings. The van der Waals surface area contributed by atoms with Crippen LogP contribution in [0.1, 0.15) is 52.5 Å². The summed E-state index contributed by atoms with van der Waals surface area (Å²) in [5.74, 6) is 0.163. The molecular formula is C15H18N2OS2. The summed E-state index contributed by atoms with van der Waals surface area (Å²) in [6, 6.07) is 2.49. The molecule has 1 fully saturated rings. The van der Waals surface area contributed by atoms with Crippen molar-refractivity contribution in [3.8, 4) is 0 Å². The zero-order valence-corrected chi connectivity index (χ0v) is 13.2. The second-order valence-electron chi connectivity index (χ2n) is 5.23. The first-order valence-corrected chi connectivity index (χ1v) is 8.72. The molecular weight excluding hydrogens is 288 g/mol. The lowest BCUT2D eigenvalue weighted by atomic mass is 10.0. The number of hydrogen-bond acceptors (Lipinski definition) is 5. The Morgan fingerprint density at radius 3 is 3.05 bits per heavy atom. The van der Waals surface area contributed by atoms with Crippen LogP contribution in [0.25, 0.3) is 0 Å². The summed E-state index contributed by atoms with van der Waals surface area (Å²) in [5, 5.41) is 5.40. The van der Waals surface area contributed by atoms with E-state index < -0.39 is 0 Å². The van der Waals surface area contributed by atoms with Crippen LogP contribution in [0.15, 0.2) is 23.0 Å². The van der Waals surface area contributed by atoms with E-state index in [1.807, 2.05) is 12.3 Å². The van der Waals surface area contributed by atoms with Gasteiger partial charge in [-0.2, -0.15) is 0 Å². The van der Waals surface area contributed by atoms with Gasteiger partial charge in [-0.25, -0.2) is 4.98 Å². The first kappa shape index (κ1) is 13.9. The number of rotatable bonds is 4. The van der Waals surface area contributed by atoms with Crippen LogP contribution in [0.2, 0.25) is 0 Å². The number of likely N-dealkylation sites (tertiary alicyclic amines) is 1. The highest BCUT2D eigenvalue weighted by Gasteiger charge is 2.26. The summed E-state index contributed by atoms with van der Waals surface area (Å²) < 4.78 is 0. The van der Waals surface area contributed by atoms with Crippen molar-refractivity contribution < 1.29 is 4.79 Å². The Hall–Kier alpha value is -1.04. The van der Waals surface area contributed by atoms with Gasteiger partial charge in [0.2, 0.25) is 0 Å². The predicted molar refractivity (Wildman–Crippen MR) is 83.4 cm³/mol. The van der Waals surface area contributed by atoms with Crippen LogP contribution in [0, 0.1) is 0 Å². The fourth-order valence-electron chi connectivity index (χ4n) is 2.74. The van der Waals surface area contributed by atoms with Crippen molar-refractivity contribution >= 4 is 28.5 Å². The molecule has 1 unspecified atom stereocenters. The topological polar surface area (TPSA) is 33.2 Å². The highest BCUT2D eigenvalue weighted by molar-refractivity contribution is 7.12. The van der Waals surface area contributed by atoms with E-state index in [2.05, 4.69) is 20.6 Å². The summed E-state index contributed by atoms with van der Waals surface area (Å²) in [4.78, 5) is 19.3. The first-order valence-electron chi connectivity index (χ1n) is 6.96. The third-order valence-electron chi connectivity index (χ3n) is 3.74. The second kappa shape index (κ2) is 6.16. The van der Waals surface area contributed by atoms with Crippen molar-refractivity contribution in [2.75, 3.05) is 6.54 Å². The number of carbonyl (C=O) groups is 1. The maximum Gasteiger partial charge on any atom is 0.169 e. The van der Waals surface area contributed by atoms with Crippen LogP contribution >= 0.6 is 22.7 Å². The Labute approximate surface area is 127 Å². The Kier molecular flexibility index (Phi) is 4.29. The zero-order chi connectivity index (χ0) is 13.9. The van der Waals surface area contributed by atoms with Crippen LogP contribution < -0.4 is 0 Å². The van der Waals surface area contributed by atoms with E-state index in [9.17, 15) is 4.79 Å². The molecule has 3 rings (SSSR count). The molecule has 0 saturated carbocycles. The summed E-state index contributed by atoms with van der Waals surface area (Å²) >= 11 is 3.31. The molecule has 2 aromatic heterocycles. The summed E-state index contributed by atoms with van der Waals surface area (Å²) in [6.07, 6.45) is 5.62. The standard InChI is InChI=1S/C15H18N2OS2/c1-11(18)14-8-12(10-20-14)9-17-6-3-2-4-13(17)15-16-5-7-19-15/h5,7-8,10,13H,2-4,6,9H2,1H3. The molecule has 3 heterocycles. The van der Waals surface area contributed by atoms with E-state index in [4.69, 9.17) is 0 Å². The van der Waals surface area contributed by atoms with Crippen LogP contribution in [0.4, 0.5) is 0 Å². The number of ketones is 1. The van der Waals surface area contributed by atoms with Gasteiger partial charge < -0.3 is 0 Å². The van der Waals surface area contributed by atoms with Gasteiger partial charge in [0.15, 0.2) is 5.78 Å². The van der Waals surface area contributed by atoms with E-state index in [0.29, 0.717) is 6.04 Å². The van der Waals surface area contributed by atoms with Gasteiger partial charge >= 0.3 is 0 Å². The normalized spacial score (nSPS) is 20.1. The molecule has 0 aliphatic carbocycles. The highest BCUT2D eigenvalue weighted by atomic mass is 32.1. The largest absolute Gasteiger partial charge is 0.294 e. The molecule has 106 valence electrons. The van der Waals surface area contributed by atoms with Crippen LogP contribution in [-0.2, 0) is 6.54 Å². The Bertz CT molecular complexity index is 576. The minimum absolute atomic E-state index is 0.163. The molecule has 0 bridgehead atoms. The van der Waals surface area contributed by atoms with Gasteiger partial charge in [-0.15, -0.1) is 22.7 Å². The van der Waals surface area contributed by atoms with E-state index in [-0.39, 0.29) is 5.78 Å². The van der Waals surface area contributed by atoms with Gasteiger partial charge in [0.05, 0.1) is 10.9 Å². The molecule has 0 spiro atoms. The number of nitrogens with zero attached hydrogens (tertiary/aromatic N) is 2. The molecule has 0 radical (unpaired) electrons. The average molecular weight is 306 g/mol. The molecule has 0 amide bonds. The molecule has 3 nitrogen and oxygen atoms in total. The molecule has 1 aliphatic heterocycles. The molecule has 1 atom stereocenters. The van der Waals surface area contributed by atoms with Crippen molar-refractivity contribution in [1.82, 2.24) is 9.88 Å². The predicted octanol–water partition coefficient (Wildman–Crippen LogP) is 4.13. The number of carbonyl (C=O) groups excluding carboxylic acids is 1. The van der Waals surface area contributed by atoms with Gasteiger partial charge in [-0.1, -0.05) is 6.42 Å². The van der Waals surface area contributed by atoms with Gasteiger partial charge in [-0.3, -0.25) is 9.69 Å². The first-order chi connectivity index (χ1) is 9.74. The quantitative estimate of drug-likeness (QED) is 0.796. The summed E-state index contributed by atoms with van der Waals surface area (Å²) in [7, 11) is 0. The van der Waals surface area contributed by atoms with Crippen LogP contribution in [-0.4, -0.2) is 22.2 Å². The van der Waals surface area contributed by atoms with E-state index >= 15 is 0 Å². The lowest BCUT2D eigenvalue weighted by molar-refractivity contribution is 0.102. The third-order valence-corrected chi connectivity index (χ3v) is 5.69. The Balaban J connectivity index is 1.74. The molecule has 0 N–H and O–H groups in total. The van der Waals surface area contributed by atoms with Crippen molar-refractivity contribution in [3.63, 3.8) is 0 Å². The molecule has 1 saturated heterocycles. The number of thiophene rings is 1. The van der Waals surface area contributed by atoms with E-state index in [1.165, 1.54) is 29.8 Å². The van der Waals surface area contributed by atoms with Gasteiger partial charge in [0.25, 0.3) is 0 Å². The van der Waals surface area contributed by atoms with Crippen molar-refractivity contribution in [3.05, 3.63) is 38.5 Å². The number of piperidine rings is 1. The molecule has 5 heteroatoms. The second-order valence-corrected chi connectivity index (χ2v) is 7.07. The monoisotopic (exact) mass is 306 g/mol. The maximum atomic E-state index is 11.4. The van der Waals surface area contributed by atoms with Crippen LogP contribution in [0.3, 0.4) is 0 Å². The third kappa shape index (κ3) is 3.00. The summed E-state index contributed by atoms with van der Waals surface area (Å²) in [6.45, 7) is 3.68. The zero-order valence-electron chi connectivity index (χ0n) is 11.5. The number of aromatic nitrogens is 1. The van der Waals surface area contributed by atoms with Crippen molar-refractivity contribution in [2.24, 2.45) is 0 Å². The summed E-state index contributed by atoms with van der Waals surface area (Å²) in [5.41, 5.74) is 1.25. The van der Waals surface area contributed by atoms with E-state index in [1.54, 1.807) is 29.6 Å². The Morgan fingerprint density at radius 2 is 2.35 bits per heavy atom. The van der Waals surface area contributed by atoms with Crippen molar-refractivity contribution in [2.45, 2.75) is 38.8 Å². The lowest BCUT2D eigenvalue weighted by Gasteiger charge is -2.34. The van der Waals surface area contributed by atoms with E-state index in [0.717, 1.165) is 18.0 Å². The lowest BCUT2D eigenvalue weighted by Crippen LogP contribution is -2.32. The minimum Gasteiger partial charge on any atom is -0.294 e. The SMILES string of the molecule is CC(=O)c1cc(CN2CCCCC2c2nccs2)cs1.